The highest BCUT2D eigenvalue weighted by atomic mass is 16.3. The first-order valence-corrected chi connectivity index (χ1v) is 14.6. The van der Waals surface area contributed by atoms with Crippen molar-refractivity contribution in [3.8, 4) is 11.5 Å². The van der Waals surface area contributed by atoms with Gasteiger partial charge < -0.3 is 10.2 Å². The minimum atomic E-state index is -0.205. The van der Waals surface area contributed by atoms with Crippen molar-refractivity contribution >= 4 is 18.1 Å². The van der Waals surface area contributed by atoms with E-state index in [9.17, 15) is 10.2 Å². The van der Waals surface area contributed by atoms with Gasteiger partial charge in [0.15, 0.2) is 0 Å². The Balaban J connectivity index is 1.99. The monoisotopic (exact) mass is 554 g/mol. The molecule has 0 atom stereocenters. The van der Waals surface area contributed by atoms with Crippen LogP contribution in [0.5, 0.6) is 11.5 Å². The molecule has 0 amide bonds. The number of phenols is 2. The summed E-state index contributed by atoms with van der Waals surface area (Å²) in [5.41, 5.74) is 6.83. The summed E-state index contributed by atoms with van der Waals surface area (Å²) in [6, 6.07) is 16.2. The Morgan fingerprint density at radius 3 is 1.46 bits per heavy atom. The molecule has 0 heterocycles. The second kappa shape index (κ2) is 11.5. The SMILES string of the molecule is CC(C)(C)c1cc(C=NCc2ccccc2N=Cc2cc(C(C)(C)C)cc(C(C)(C)C)c2O)c(O)c(C(C)(C)C)c1. The maximum absolute atomic E-state index is 11.2. The van der Waals surface area contributed by atoms with E-state index < -0.39 is 0 Å². The van der Waals surface area contributed by atoms with Crippen LogP contribution in [0, 0.1) is 0 Å². The van der Waals surface area contributed by atoms with Crippen molar-refractivity contribution in [1.82, 2.24) is 0 Å². The molecule has 3 aromatic rings. The number of benzene rings is 3. The fourth-order valence-electron chi connectivity index (χ4n) is 4.67. The van der Waals surface area contributed by atoms with Gasteiger partial charge in [0, 0.05) is 34.7 Å². The van der Waals surface area contributed by atoms with Crippen LogP contribution in [-0.4, -0.2) is 22.6 Å². The van der Waals surface area contributed by atoms with Gasteiger partial charge in [0.25, 0.3) is 0 Å². The van der Waals surface area contributed by atoms with Crippen molar-refractivity contribution in [2.75, 3.05) is 0 Å². The van der Waals surface area contributed by atoms with E-state index in [0.717, 1.165) is 33.5 Å². The third-order valence-electron chi connectivity index (χ3n) is 7.45. The molecule has 220 valence electrons. The Morgan fingerprint density at radius 2 is 1.02 bits per heavy atom. The van der Waals surface area contributed by atoms with E-state index in [0.29, 0.717) is 12.1 Å². The van der Waals surface area contributed by atoms with Crippen molar-refractivity contribution in [3.63, 3.8) is 0 Å². The number of para-hydroxylation sites is 1. The molecule has 41 heavy (non-hydrogen) atoms. The molecule has 0 spiro atoms. The molecule has 2 N–H and O–H groups in total. The van der Waals surface area contributed by atoms with E-state index in [1.165, 1.54) is 5.56 Å². The largest absolute Gasteiger partial charge is 0.507 e. The van der Waals surface area contributed by atoms with Crippen LogP contribution in [0.4, 0.5) is 5.69 Å². The number of hydrogen-bond acceptors (Lipinski definition) is 4. The predicted octanol–water partition coefficient (Wildman–Crippen LogP) is 9.66. The average molecular weight is 555 g/mol. The minimum Gasteiger partial charge on any atom is -0.507 e. The van der Waals surface area contributed by atoms with E-state index in [4.69, 9.17) is 9.98 Å². The standard InChI is InChI=1S/C37H50N2O2/c1-34(2,3)27-17-25(32(40)29(19-27)36(7,8)9)22-38-21-24-15-13-14-16-31(24)39-23-26-18-28(35(4,5)6)20-30(33(26)41)37(10,11)12/h13-20,22-23,40-41H,21H2,1-12H3. The van der Waals surface area contributed by atoms with Gasteiger partial charge in [0.05, 0.1) is 12.2 Å². The molecule has 0 aliphatic heterocycles. The molecule has 4 heteroatoms. The molecule has 0 radical (unpaired) electrons. The summed E-state index contributed by atoms with van der Waals surface area (Å²) in [5.74, 6) is 0.554. The summed E-state index contributed by atoms with van der Waals surface area (Å²) in [7, 11) is 0. The van der Waals surface area contributed by atoms with Crippen LogP contribution in [0.15, 0.2) is 58.5 Å². The minimum absolute atomic E-state index is 0.0552. The lowest BCUT2D eigenvalue weighted by Gasteiger charge is -2.27. The second-order valence-corrected chi connectivity index (χ2v) is 15.3. The quantitative estimate of drug-likeness (QED) is 0.308. The molecule has 0 aromatic heterocycles. The van der Waals surface area contributed by atoms with E-state index >= 15 is 0 Å². The highest BCUT2D eigenvalue weighted by molar-refractivity contribution is 5.87. The lowest BCUT2D eigenvalue weighted by atomic mass is 9.79. The number of phenolic OH excluding ortho intramolecular Hbond substituents is 2. The highest BCUT2D eigenvalue weighted by Crippen LogP contribution is 2.38. The van der Waals surface area contributed by atoms with Crippen molar-refractivity contribution in [2.45, 2.75) is 111 Å². The average Bonchev–Trinajstić information content (AvgIpc) is 2.82. The summed E-state index contributed by atoms with van der Waals surface area (Å²) < 4.78 is 0. The van der Waals surface area contributed by atoms with Gasteiger partial charge in [-0.3, -0.25) is 9.98 Å². The normalized spacial score (nSPS) is 13.5. The van der Waals surface area contributed by atoms with Gasteiger partial charge >= 0.3 is 0 Å². The Hall–Kier alpha value is -3.40. The molecule has 3 aromatic carbocycles. The van der Waals surface area contributed by atoms with Gasteiger partial charge in [-0.15, -0.1) is 0 Å². The molecule has 4 nitrogen and oxygen atoms in total. The topological polar surface area (TPSA) is 65.2 Å². The third-order valence-corrected chi connectivity index (χ3v) is 7.45. The van der Waals surface area contributed by atoms with Gasteiger partial charge in [0.1, 0.15) is 11.5 Å². The zero-order valence-electron chi connectivity index (χ0n) is 27.3. The lowest BCUT2D eigenvalue weighted by molar-refractivity contribution is 0.443. The first-order valence-electron chi connectivity index (χ1n) is 14.6. The molecule has 0 saturated heterocycles. The van der Waals surface area contributed by atoms with Crippen molar-refractivity contribution in [2.24, 2.45) is 9.98 Å². The molecule has 3 rings (SSSR count). The fraction of sp³-hybridized carbons (Fsp3) is 0.459. The summed E-state index contributed by atoms with van der Waals surface area (Å²) in [6.07, 6.45) is 3.53. The summed E-state index contributed by atoms with van der Waals surface area (Å²) >= 11 is 0. The van der Waals surface area contributed by atoms with Gasteiger partial charge in [0.2, 0.25) is 0 Å². The second-order valence-electron chi connectivity index (χ2n) is 15.3. The van der Waals surface area contributed by atoms with E-state index in [1.807, 2.05) is 36.4 Å². The number of aliphatic imine (C=N–C) groups is 2. The molecule has 0 unspecified atom stereocenters. The number of aromatic hydroxyl groups is 2. The highest BCUT2D eigenvalue weighted by Gasteiger charge is 2.26. The van der Waals surface area contributed by atoms with Crippen LogP contribution in [0.3, 0.4) is 0 Å². The maximum Gasteiger partial charge on any atom is 0.128 e. The lowest BCUT2D eigenvalue weighted by Crippen LogP contribution is -2.17. The smallest absolute Gasteiger partial charge is 0.128 e. The van der Waals surface area contributed by atoms with Crippen LogP contribution in [-0.2, 0) is 28.2 Å². The van der Waals surface area contributed by atoms with Gasteiger partial charge in [-0.25, -0.2) is 0 Å². The molecule has 0 aliphatic rings. The van der Waals surface area contributed by atoms with Crippen LogP contribution < -0.4 is 0 Å². The predicted molar refractivity (Wildman–Crippen MR) is 176 cm³/mol. The van der Waals surface area contributed by atoms with E-state index in [-0.39, 0.29) is 33.2 Å². The zero-order valence-corrected chi connectivity index (χ0v) is 27.3. The van der Waals surface area contributed by atoms with Crippen molar-refractivity contribution in [3.05, 3.63) is 87.5 Å². The van der Waals surface area contributed by atoms with E-state index in [1.54, 1.807) is 12.4 Å². The molecule has 0 bridgehead atoms. The maximum atomic E-state index is 11.2. The Bertz CT molecular complexity index is 1450. The zero-order chi connectivity index (χ0) is 31.0. The van der Waals surface area contributed by atoms with Gasteiger partial charge in [-0.2, -0.15) is 0 Å². The molecule has 0 fully saturated rings. The van der Waals surface area contributed by atoms with Crippen LogP contribution in [0.1, 0.15) is 122 Å². The molecular weight excluding hydrogens is 504 g/mol. The Kier molecular flexibility index (Phi) is 8.98. The first-order chi connectivity index (χ1) is 18.7. The van der Waals surface area contributed by atoms with Crippen LogP contribution in [0.2, 0.25) is 0 Å². The fourth-order valence-corrected chi connectivity index (χ4v) is 4.67. The first kappa shape index (κ1) is 32.1. The Labute approximate surface area is 248 Å². The van der Waals surface area contributed by atoms with Crippen LogP contribution in [0.25, 0.3) is 0 Å². The summed E-state index contributed by atoms with van der Waals surface area (Å²) in [4.78, 5) is 9.55. The van der Waals surface area contributed by atoms with Gasteiger partial charge in [-0.05, 0) is 56.5 Å². The van der Waals surface area contributed by atoms with Crippen molar-refractivity contribution < 1.29 is 10.2 Å². The molecule has 0 saturated carbocycles. The van der Waals surface area contributed by atoms with Crippen LogP contribution >= 0.6 is 0 Å². The summed E-state index contributed by atoms with van der Waals surface area (Å²) in [6.45, 7) is 26.2. The summed E-state index contributed by atoms with van der Waals surface area (Å²) in [5, 5.41) is 22.3. The molecule has 0 aliphatic carbocycles. The third kappa shape index (κ3) is 7.87. The van der Waals surface area contributed by atoms with E-state index in [2.05, 4.69) is 95.2 Å². The number of rotatable bonds is 5. The number of hydrogen-bond donors (Lipinski definition) is 2. The van der Waals surface area contributed by atoms with Crippen molar-refractivity contribution in [1.29, 1.82) is 0 Å². The number of nitrogens with zero attached hydrogens (tertiary/aromatic N) is 2. The molecular formula is C37H50N2O2. The van der Waals surface area contributed by atoms with Gasteiger partial charge in [-0.1, -0.05) is 113 Å². The Morgan fingerprint density at radius 1 is 0.585 bits per heavy atom.